The van der Waals surface area contributed by atoms with E-state index >= 15 is 0 Å². The highest BCUT2D eigenvalue weighted by molar-refractivity contribution is 5.85. The lowest BCUT2D eigenvalue weighted by atomic mass is 10.0. The molecule has 2 N–H and O–H groups in total. The van der Waals surface area contributed by atoms with Crippen LogP contribution in [-0.2, 0) is 4.79 Å². The predicted octanol–water partition coefficient (Wildman–Crippen LogP) is 2.43. The van der Waals surface area contributed by atoms with Gasteiger partial charge in [0.25, 0.3) is 5.91 Å². The van der Waals surface area contributed by atoms with E-state index in [4.69, 9.17) is 4.74 Å². The van der Waals surface area contributed by atoms with Crippen molar-refractivity contribution in [3.63, 3.8) is 0 Å². The van der Waals surface area contributed by atoms with Crippen LogP contribution >= 0.6 is 0 Å². The largest absolute Gasteiger partial charge is 0.491 e. The minimum Gasteiger partial charge on any atom is -0.491 e. The first kappa shape index (κ1) is 15.7. The van der Waals surface area contributed by atoms with Crippen LogP contribution in [0, 0.1) is 0 Å². The smallest absolute Gasteiger partial charge is 0.251 e. The van der Waals surface area contributed by atoms with E-state index in [1.807, 2.05) is 30.3 Å². The van der Waals surface area contributed by atoms with Gasteiger partial charge in [-0.15, -0.1) is 0 Å². The van der Waals surface area contributed by atoms with Gasteiger partial charge in [0, 0.05) is 18.1 Å². The number of nitrogens with zero attached hydrogens (tertiary/aromatic N) is 1. The lowest BCUT2D eigenvalue weighted by Gasteiger charge is -2.20. The van der Waals surface area contributed by atoms with Gasteiger partial charge in [-0.25, -0.2) is 0 Å². The monoisotopic (exact) mass is 314 g/mol. The van der Waals surface area contributed by atoms with Crippen molar-refractivity contribution in [3.05, 3.63) is 36.5 Å². The maximum atomic E-state index is 12.0. The Morgan fingerprint density at radius 1 is 1.26 bits per heavy atom. The number of amides is 1. The van der Waals surface area contributed by atoms with E-state index in [0.717, 1.165) is 29.5 Å². The Balaban J connectivity index is 1.45. The molecule has 1 saturated carbocycles. The summed E-state index contributed by atoms with van der Waals surface area (Å²) in [5.74, 6) is 0.505. The Morgan fingerprint density at radius 3 is 2.87 bits per heavy atom. The Bertz CT molecular complexity index is 676. The summed E-state index contributed by atoms with van der Waals surface area (Å²) in [6, 6.07) is 9.73. The van der Waals surface area contributed by atoms with E-state index < -0.39 is 5.60 Å². The molecule has 2 aromatic rings. The average molecular weight is 314 g/mol. The van der Waals surface area contributed by atoms with Gasteiger partial charge in [-0.1, -0.05) is 18.2 Å². The van der Waals surface area contributed by atoms with Crippen LogP contribution in [0.5, 0.6) is 5.75 Å². The second kappa shape index (κ2) is 6.96. The van der Waals surface area contributed by atoms with Crippen LogP contribution in [0.1, 0.15) is 32.1 Å². The average Bonchev–Trinajstić information content (AvgIpc) is 3.02. The lowest BCUT2D eigenvalue weighted by Crippen LogP contribution is -2.45. The fourth-order valence-corrected chi connectivity index (χ4v) is 3.00. The highest BCUT2D eigenvalue weighted by Crippen LogP contribution is 2.29. The van der Waals surface area contributed by atoms with Gasteiger partial charge in [0.1, 0.15) is 16.9 Å². The van der Waals surface area contributed by atoms with Crippen LogP contribution in [0.3, 0.4) is 0 Å². The molecular weight excluding hydrogens is 292 g/mol. The highest BCUT2D eigenvalue weighted by atomic mass is 16.5. The number of benzene rings is 1. The Labute approximate surface area is 135 Å². The van der Waals surface area contributed by atoms with Crippen LogP contribution in [-0.4, -0.2) is 34.8 Å². The summed E-state index contributed by atoms with van der Waals surface area (Å²) in [5.41, 5.74) is -0.306. The van der Waals surface area contributed by atoms with Crippen molar-refractivity contribution < 1.29 is 14.6 Å². The Kier molecular flexibility index (Phi) is 4.76. The van der Waals surface area contributed by atoms with Gasteiger partial charge < -0.3 is 15.2 Å². The van der Waals surface area contributed by atoms with Crippen molar-refractivity contribution in [2.75, 3.05) is 13.2 Å². The zero-order valence-electron chi connectivity index (χ0n) is 13.1. The molecule has 1 aliphatic rings. The summed E-state index contributed by atoms with van der Waals surface area (Å²) in [5, 5.41) is 14.0. The number of carbonyl (C=O) groups excluding carboxylic acids is 1. The van der Waals surface area contributed by atoms with Crippen LogP contribution in [0.15, 0.2) is 36.5 Å². The zero-order valence-corrected chi connectivity index (χ0v) is 13.1. The third kappa shape index (κ3) is 3.62. The SMILES string of the molecule is O=C(NCCCOc1cccc2cccnc12)C1(O)CCCC1. The van der Waals surface area contributed by atoms with E-state index in [1.54, 1.807) is 6.20 Å². The molecule has 5 heteroatoms. The zero-order chi connectivity index (χ0) is 16.1. The number of ether oxygens (including phenoxy) is 1. The minimum atomic E-state index is -1.15. The van der Waals surface area contributed by atoms with Crippen LogP contribution in [0.2, 0.25) is 0 Å². The first-order valence-corrected chi connectivity index (χ1v) is 8.16. The quantitative estimate of drug-likeness (QED) is 0.803. The Morgan fingerprint density at radius 2 is 2.04 bits per heavy atom. The van der Waals surface area contributed by atoms with Crippen molar-refractivity contribution in [1.82, 2.24) is 10.3 Å². The number of hydrogen-bond acceptors (Lipinski definition) is 4. The molecule has 0 radical (unpaired) electrons. The molecule has 1 aliphatic carbocycles. The van der Waals surface area contributed by atoms with E-state index in [0.29, 0.717) is 32.4 Å². The molecule has 0 unspecified atom stereocenters. The molecule has 0 atom stereocenters. The van der Waals surface area contributed by atoms with Crippen molar-refractivity contribution in [1.29, 1.82) is 0 Å². The number of nitrogens with one attached hydrogen (secondary N) is 1. The number of aromatic nitrogens is 1. The molecule has 1 heterocycles. The molecule has 0 saturated heterocycles. The van der Waals surface area contributed by atoms with E-state index in [-0.39, 0.29) is 5.91 Å². The Hall–Kier alpha value is -2.14. The molecule has 1 fully saturated rings. The molecule has 23 heavy (non-hydrogen) atoms. The molecular formula is C18H22N2O3. The molecule has 1 aromatic heterocycles. The minimum absolute atomic E-state index is 0.248. The van der Waals surface area contributed by atoms with Gasteiger partial charge in [0.2, 0.25) is 0 Å². The summed E-state index contributed by atoms with van der Waals surface area (Å²) in [6.45, 7) is 0.994. The number of pyridine rings is 1. The predicted molar refractivity (Wildman–Crippen MR) is 88.3 cm³/mol. The van der Waals surface area contributed by atoms with Crippen molar-refractivity contribution in [2.24, 2.45) is 0 Å². The van der Waals surface area contributed by atoms with Gasteiger partial charge >= 0.3 is 0 Å². The van der Waals surface area contributed by atoms with Gasteiger partial charge in [0.15, 0.2) is 0 Å². The summed E-state index contributed by atoms with van der Waals surface area (Å²) in [7, 11) is 0. The van der Waals surface area contributed by atoms with Crippen molar-refractivity contribution in [2.45, 2.75) is 37.7 Å². The van der Waals surface area contributed by atoms with E-state index in [2.05, 4.69) is 10.3 Å². The topological polar surface area (TPSA) is 71.5 Å². The van der Waals surface area contributed by atoms with Gasteiger partial charge in [-0.2, -0.15) is 0 Å². The van der Waals surface area contributed by atoms with Gasteiger partial charge in [-0.05, 0) is 44.2 Å². The van der Waals surface area contributed by atoms with Crippen molar-refractivity contribution in [3.8, 4) is 5.75 Å². The number of aliphatic hydroxyl groups is 1. The number of rotatable bonds is 6. The normalized spacial score (nSPS) is 16.4. The third-order valence-electron chi connectivity index (χ3n) is 4.31. The van der Waals surface area contributed by atoms with Gasteiger partial charge in [0.05, 0.1) is 6.61 Å². The first-order valence-electron chi connectivity index (χ1n) is 8.16. The second-order valence-corrected chi connectivity index (χ2v) is 6.03. The number of hydrogen-bond donors (Lipinski definition) is 2. The summed E-state index contributed by atoms with van der Waals surface area (Å²) in [4.78, 5) is 16.3. The number of fused-ring (bicyclic) bond motifs is 1. The molecule has 1 amide bonds. The number of carbonyl (C=O) groups is 1. The maximum Gasteiger partial charge on any atom is 0.251 e. The van der Waals surface area contributed by atoms with Crippen LogP contribution in [0.4, 0.5) is 0 Å². The van der Waals surface area contributed by atoms with E-state index in [9.17, 15) is 9.90 Å². The third-order valence-corrected chi connectivity index (χ3v) is 4.31. The standard InChI is InChI=1S/C18H22N2O3/c21-17(18(22)9-1-2-10-18)20-12-5-13-23-15-8-3-6-14-7-4-11-19-16(14)15/h3-4,6-8,11,22H,1-2,5,9-10,12-13H2,(H,20,21). The van der Waals surface area contributed by atoms with Crippen LogP contribution in [0.25, 0.3) is 10.9 Å². The van der Waals surface area contributed by atoms with Crippen LogP contribution < -0.4 is 10.1 Å². The molecule has 0 bridgehead atoms. The molecule has 0 spiro atoms. The highest BCUT2D eigenvalue weighted by Gasteiger charge is 2.38. The molecule has 0 aliphatic heterocycles. The first-order chi connectivity index (χ1) is 11.2. The molecule has 3 rings (SSSR count). The number of para-hydroxylation sites is 1. The lowest BCUT2D eigenvalue weighted by molar-refractivity contribution is -0.139. The molecule has 1 aromatic carbocycles. The fourth-order valence-electron chi connectivity index (χ4n) is 3.00. The summed E-state index contributed by atoms with van der Waals surface area (Å²) >= 11 is 0. The van der Waals surface area contributed by atoms with E-state index in [1.165, 1.54) is 0 Å². The second-order valence-electron chi connectivity index (χ2n) is 6.03. The maximum absolute atomic E-state index is 12.0. The van der Waals surface area contributed by atoms with Gasteiger partial charge in [-0.3, -0.25) is 9.78 Å². The summed E-state index contributed by atoms with van der Waals surface area (Å²) < 4.78 is 5.78. The molecule has 5 nitrogen and oxygen atoms in total. The molecule has 122 valence electrons. The fraction of sp³-hybridized carbons (Fsp3) is 0.444. The summed E-state index contributed by atoms with van der Waals surface area (Å²) in [6.07, 6.45) is 5.40. The van der Waals surface area contributed by atoms with Crippen molar-refractivity contribution >= 4 is 16.8 Å².